The topological polar surface area (TPSA) is 47.6 Å². The van der Waals surface area contributed by atoms with Crippen molar-refractivity contribution in [3.05, 3.63) is 47.7 Å². The van der Waals surface area contributed by atoms with Gasteiger partial charge < -0.3 is 14.8 Å². The summed E-state index contributed by atoms with van der Waals surface area (Å²) in [5.41, 5.74) is 3.74. The van der Waals surface area contributed by atoms with Crippen molar-refractivity contribution in [1.29, 1.82) is 0 Å². The number of hydrogen-bond acceptors (Lipinski definition) is 3. The lowest BCUT2D eigenvalue weighted by atomic mass is 10.2. The zero-order valence-electron chi connectivity index (χ0n) is 14.0. The zero-order chi connectivity index (χ0) is 16.6. The van der Waals surface area contributed by atoms with Crippen molar-refractivity contribution >= 4 is 19.7 Å². The molecule has 0 saturated carbocycles. The van der Waals surface area contributed by atoms with Crippen molar-refractivity contribution in [1.82, 2.24) is 0 Å². The van der Waals surface area contributed by atoms with Crippen LogP contribution in [0.25, 0.3) is 0 Å². The number of hydrogen-bond donors (Lipinski definition) is 1. The molecule has 0 radical (unpaired) electrons. The van der Waals surface area contributed by atoms with Crippen LogP contribution in [0.15, 0.2) is 47.7 Å². The lowest BCUT2D eigenvalue weighted by Crippen LogP contribution is -2.16. The van der Waals surface area contributed by atoms with Crippen LogP contribution in [0, 0.1) is 0 Å². The van der Waals surface area contributed by atoms with Crippen molar-refractivity contribution in [2.45, 2.75) is 19.6 Å². The molecule has 1 aromatic rings. The largest absolute Gasteiger partial charge is 0.497 e. The third-order valence-corrected chi connectivity index (χ3v) is 3.93. The highest BCUT2D eigenvalue weighted by molar-refractivity contribution is 6.81. The van der Waals surface area contributed by atoms with E-state index in [4.69, 9.17) is 9.47 Å². The molecule has 0 fully saturated rings. The number of amides is 1. The molecule has 0 aliphatic carbocycles. The SMILES string of the molecule is COCC(/C=C/[Si](C)(C)C)=C/C(=O)Nc1cccc(OC)c1. The van der Waals surface area contributed by atoms with E-state index in [-0.39, 0.29) is 5.91 Å². The Labute approximate surface area is 133 Å². The van der Waals surface area contributed by atoms with Gasteiger partial charge in [0, 0.05) is 24.9 Å². The Balaban J connectivity index is 2.81. The summed E-state index contributed by atoms with van der Waals surface area (Å²) in [6.07, 6.45) is 3.56. The first kappa shape index (κ1) is 18.2. The Morgan fingerprint density at radius 2 is 2.00 bits per heavy atom. The number of carbonyl (C=O) groups excluding carboxylic acids is 1. The molecule has 5 heteroatoms. The average Bonchev–Trinajstić information content (AvgIpc) is 2.44. The molecule has 0 aliphatic heterocycles. The Hall–Kier alpha value is -1.85. The van der Waals surface area contributed by atoms with E-state index in [2.05, 4.69) is 30.7 Å². The van der Waals surface area contributed by atoms with Crippen LogP contribution in [0.5, 0.6) is 5.75 Å². The van der Waals surface area contributed by atoms with Gasteiger partial charge in [0.05, 0.1) is 21.8 Å². The molecule has 0 bridgehead atoms. The molecule has 0 unspecified atom stereocenters. The van der Waals surface area contributed by atoms with E-state index in [1.54, 1.807) is 26.4 Å². The van der Waals surface area contributed by atoms with Gasteiger partial charge in [-0.05, 0) is 17.7 Å². The molecule has 0 saturated heterocycles. The van der Waals surface area contributed by atoms with Crippen LogP contribution in [-0.2, 0) is 9.53 Å². The molecule has 0 atom stereocenters. The van der Waals surface area contributed by atoms with Gasteiger partial charge in [0.25, 0.3) is 0 Å². The summed E-state index contributed by atoms with van der Waals surface area (Å²) >= 11 is 0. The van der Waals surface area contributed by atoms with Gasteiger partial charge in [-0.15, -0.1) is 0 Å². The number of carbonyl (C=O) groups is 1. The second-order valence-corrected chi connectivity index (χ2v) is 11.1. The van der Waals surface area contributed by atoms with E-state index >= 15 is 0 Å². The maximum Gasteiger partial charge on any atom is 0.248 e. The summed E-state index contributed by atoms with van der Waals surface area (Å²) in [4.78, 5) is 12.1. The maximum absolute atomic E-state index is 12.1. The summed E-state index contributed by atoms with van der Waals surface area (Å²) < 4.78 is 10.3. The minimum absolute atomic E-state index is 0.180. The summed E-state index contributed by atoms with van der Waals surface area (Å²) in [7, 11) is 1.91. The van der Waals surface area contributed by atoms with Crippen molar-refractivity contribution in [3.8, 4) is 5.75 Å². The first-order valence-electron chi connectivity index (χ1n) is 7.18. The number of anilines is 1. The van der Waals surface area contributed by atoms with Gasteiger partial charge in [-0.2, -0.15) is 0 Å². The lowest BCUT2D eigenvalue weighted by Gasteiger charge is -2.10. The normalized spacial score (nSPS) is 12.5. The number of benzene rings is 1. The molecular weight excluding hydrogens is 294 g/mol. The standard InChI is InChI=1S/C17H25NO3Si/c1-20-13-14(9-10-22(3,4)5)11-17(19)18-15-7-6-8-16(12-15)21-2/h6-12H,13H2,1-5H3,(H,18,19)/b10-9+,14-11+. The molecule has 1 aromatic carbocycles. The van der Waals surface area contributed by atoms with Crippen LogP contribution in [0.2, 0.25) is 19.6 Å². The molecule has 0 aliphatic rings. The lowest BCUT2D eigenvalue weighted by molar-refractivity contribution is -0.112. The fourth-order valence-electron chi connectivity index (χ4n) is 1.71. The van der Waals surface area contributed by atoms with E-state index in [0.717, 1.165) is 5.57 Å². The summed E-state index contributed by atoms with van der Waals surface area (Å²) in [6.45, 7) is 7.13. The smallest absolute Gasteiger partial charge is 0.248 e. The molecule has 1 rings (SSSR count). The van der Waals surface area contributed by atoms with Gasteiger partial charge in [-0.25, -0.2) is 0 Å². The van der Waals surface area contributed by atoms with E-state index in [1.807, 2.05) is 24.3 Å². The quantitative estimate of drug-likeness (QED) is 0.474. The van der Waals surface area contributed by atoms with E-state index < -0.39 is 8.07 Å². The number of rotatable bonds is 7. The van der Waals surface area contributed by atoms with Gasteiger partial charge in [0.15, 0.2) is 0 Å². The third kappa shape index (κ3) is 7.24. The van der Waals surface area contributed by atoms with Gasteiger partial charge in [0.1, 0.15) is 5.75 Å². The molecule has 0 aromatic heterocycles. The van der Waals surface area contributed by atoms with Gasteiger partial charge >= 0.3 is 0 Å². The molecule has 22 heavy (non-hydrogen) atoms. The summed E-state index contributed by atoms with van der Waals surface area (Å²) in [5.74, 6) is 0.526. The first-order valence-corrected chi connectivity index (χ1v) is 10.8. The second-order valence-electron chi connectivity index (χ2n) is 6.07. The maximum atomic E-state index is 12.1. The number of ether oxygens (including phenoxy) is 2. The number of methoxy groups -OCH3 is 2. The molecule has 4 nitrogen and oxygen atoms in total. The highest BCUT2D eigenvalue weighted by atomic mass is 28.3. The molecule has 0 heterocycles. The van der Waals surface area contributed by atoms with Crippen LogP contribution in [0.1, 0.15) is 0 Å². The van der Waals surface area contributed by atoms with E-state index in [9.17, 15) is 4.79 Å². The Morgan fingerprint density at radius 3 is 2.59 bits per heavy atom. The summed E-state index contributed by atoms with van der Waals surface area (Å²) in [5, 5.41) is 2.83. The molecule has 1 amide bonds. The van der Waals surface area contributed by atoms with E-state index in [1.165, 1.54) is 0 Å². The zero-order valence-corrected chi connectivity index (χ0v) is 15.0. The van der Waals surface area contributed by atoms with Crippen molar-refractivity contribution in [3.63, 3.8) is 0 Å². The molecule has 120 valence electrons. The predicted octanol–water partition coefficient (Wildman–Crippen LogP) is 3.64. The van der Waals surface area contributed by atoms with Gasteiger partial charge in [0.2, 0.25) is 5.91 Å². The van der Waals surface area contributed by atoms with Crippen molar-refractivity contribution < 1.29 is 14.3 Å². The molecular formula is C17H25NO3Si. The van der Waals surface area contributed by atoms with Crippen LogP contribution in [0.4, 0.5) is 5.69 Å². The highest BCUT2D eigenvalue weighted by Crippen LogP contribution is 2.16. The fraction of sp³-hybridized carbons (Fsp3) is 0.353. The van der Waals surface area contributed by atoms with Crippen molar-refractivity contribution in [2.75, 3.05) is 26.1 Å². The van der Waals surface area contributed by atoms with Gasteiger partial charge in [-0.3, -0.25) is 4.79 Å². The highest BCUT2D eigenvalue weighted by Gasteiger charge is 2.08. The predicted molar refractivity (Wildman–Crippen MR) is 94.1 cm³/mol. The fourth-order valence-corrected chi connectivity index (χ4v) is 2.42. The third-order valence-electron chi connectivity index (χ3n) is 2.76. The van der Waals surface area contributed by atoms with Gasteiger partial charge in [-0.1, -0.05) is 37.5 Å². The van der Waals surface area contributed by atoms with E-state index in [0.29, 0.717) is 18.0 Å². The monoisotopic (exact) mass is 319 g/mol. The second kappa shape index (κ2) is 8.56. The minimum Gasteiger partial charge on any atom is -0.497 e. The molecule has 1 N–H and O–H groups in total. The van der Waals surface area contributed by atoms with Crippen LogP contribution >= 0.6 is 0 Å². The molecule has 0 spiro atoms. The van der Waals surface area contributed by atoms with Crippen molar-refractivity contribution in [2.24, 2.45) is 0 Å². The average molecular weight is 319 g/mol. The van der Waals surface area contributed by atoms with Crippen LogP contribution in [-0.4, -0.2) is 34.8 Å². The minimum atomic E-state index is -1.31. The summed E-state index contributed by atoms with van der Waals surface area (Å²) in [6, 6.07) is 7.26. The Bertz CT molecular complexity index is 559. The Kier molecular flexibility index (Phi) is 7.08. The first-order chi connectivity index (χ1) is 10.3. The van der Waals surface area contributed by atoms with Crippen LogP contribution < -0.4 is 10.1 Å². The number of nitrogens with one attached hydrogen (secondary N) is 1. The Morgan fingerprint density at radius 1 is 1.27 bits per heavy atom. The van der Waals surface area contributed by atoms with Crippen LogP contribution in [0.3, 0.4) is 0 Å².